The fourth-order valence-electron chi connectivity index (χ4n) is 4.06. The molecule has 0 saturated carbocycles. The minimum atomic E-state index is -1.34. The number of nitrogens with one attached hydrogen (secondary N) is 2. The third-order valence-corrected chi connectivity index (χ3v) is 6.22. The molecular formula is C28H42N4NiO6. The predicted molar refractivity (Wildman–Crippen MR) is 139 cm³/mol. The molecule has 2 aromatic heterocycles. The standard InChI is InChI=1S/2C14H22N2O3.Ni/c2*1-2-3-4-5-6-7-8-12(17)9-11-10-15-16-13(11)14(18)19;/h2*10H,2-9H2,1H3,(H,15,16)(H,18,19);/q;;+2/p-2. The topological polar surface area (TPSA) is 172 Å². The summed E-state index contributed by atoms with van der Waals surface area (Å²) in [5.74, 6) is -2.58. The molecule has 0 radical (unpaired) electrons. The SMILES string of the molecule is CCCCCCCCC(=O)Cc1c[nH]nc1C(=O)[O-].CCCCCCCCC(=O)Cc1c[nH]nc1C(=O)[O-].[Ni+2]. The third kappa shape index (κ3) is 16.0. The van der Waals surface area contributed by atoms with Crippen LogP contribution in [0.2, 0.25) is 0 Å². The van der Waals surface area contributed by atoms with Crippen molar-refractivity contribution in [2.24, 2.45) is 0 Å². The summed E-state index contributed by atoms with van der Waals surface area (Å²) in [6, 6.07) is 0. The van der Waals surface area contributed by atoms with Gasteiger partial charge >= 0.3 is 16.5 Å². The molecule has 0 unspecified atom stereocenters. The molecule has 220 valence electrons. The Morgan fingerprint density at radius 1 is 0.615 bits per heavy atom. The maximum absolute atomic E-state index is 11.7. The number of carboxylic acid groups (broad SMARTS) is 2. The van der Waals surface area contributed by atoms with Crippen molar-refractivity contribution in [1.82, 2.24) is 20.4 Å². The number of H-pyrrole nitrogens is 2. The number of aromatic nitrogens is 4. The van der Waals surface area contributed by atoms with Crippen LogP contribution in [0.15, 0.2) is 12.4 Å². The van der Waals surface area contributed by atoms with Crippen LogP contribution in [0, 0.1) is 0 Å². The van der Waals surface area contributed by atoms with Gasteiger partial charge in [-0.2, -0.15) is 10.2 Å². The molecule has 0 atom stereocenters. The molecule has 0 aliphatic rings. The summed E-state index contributed by atoms with van der Waals surface area (Å²) in [7, 11) is 0. The van der Waals surface area contributed by atoms with Crippen LogP contribution >= 0.6 is 0 Å². The van der Waals surface area contributed by atoms with Crippen molar-refractivity contribution < 1.29 is 45.9 Å². The zero-order valence-corrected chi connectivity index (χ0v) is 24.1. The largest absolute Gasteiger partial charge is 2.00 e. The molecule has 2 aromatic rings. The van der Waals surface area contributed by atoms with Crippen LogP contribution in [-0.4, -0.2) is 43.9 Å². The Labute approximate surface area is 241 Å². The second-order valence-electron chi connectivity index (χ2n) is 9.56. The van der Waals surface area contributed by atoms with Crippen molar-refractivity contribution in [1.29, 1.82) is 0 Å². The van der Waals surface area contributed by atoms with Gasteiger partial charge in [-0.1, -0.05) is 78.1 Å². The maximum atomic E-state index is 11.7. The zero-order chi connectivity index (χ0) is 28.2. The van der Waals surface area contributed by atoms with Crippen LogP contribution in [0.25, 0.3) is 0 Å². The van der Waals surface area contributed by atoms with Crippen LogP contribution in [-0.2, 0) is 38.9 Å². The number of Topliss-reactive ketones (excluding diaryl/α,β-unsaturated/α-hetero) is 2. The number of aromatic carboxylic acids is 2. The smallest absolute Gasteiger partial charge is 0.543 e. The number of carbonyl (C=O) groups is 4. The van der Waals surface area contributed by atoms with Crippen molar-refractivity contribution >= 4 is 23.5 Å². The molecule has 0 aromatic carbocycles. The number of hydrogen-bond donors (Lipinski definition) is 2. The number of aromatic amines is 2. The Kier molecular flexibility index (Phi) is 20.5. The van der Waals surface area contributed by atoms with Crippen molar-refractivity contribution in [3.8, 4) is 0 Å². The first-order valence-corrected chi connectivity index (χ1v) is 13.8. The van der Waals surface area contributed by atoms with Crippen LogP contribution in [0.1, 0.15) is 136 Å². The summed E-state index contributed by atoms with van der Waals surface area (Å²) >= 11 is 0. The van der Waals surface area contributed by atoms with E-state index in [0.717, 1.165) is 38.5 Å². The Bertz CT molecular complexity index is 910. The summed E-state index contributed by atoms with van der Waals surface area (Å²) in [5.41, 5.74) is 0.513. The van der Waals surface area contributed by atoms with Gasteiger partial charge in [-0.15, -0.1) is 0 Å². The molecule has 2 N–H and O–H groups in total. The van der Waals surface area contributed by atoms with Crippen molar-refractivity contribution in [2.45, 2.75) is 117 Å². The first-order chi connectivity index (χ1) is 18.3. The molecule has 0 fully saturated rings. The molecular weight excluding hydrogens is 547 g/mol. The Balaban J connectivity index is 0.000000722. The average Bonchev–Trinajstić information content (AvgIpc) is 3.53. The van der Waals surface area contributed by atoms with Crippen LogP contribution in [0.3, 0.4) is 0 Å². The van der Waals surface area contributed by atoms with E-state index < -0.39 is 11.9 Å². The number of hydrogen-bond acceptors (Lipinski definition) is 8. The minimum Gasteiger partial charge on any atom is -0.543 e. The van der Waals surface area contributed by atoms with E-state index in [0.29, 0.717) is 24.0 Å². The van der Waals surface area contributed by atoms with Gasteiger partial charge in [0, 0.05) is 49.2 Å². The van der Waals surface area contributed by atoms with Crippen molar-refractivity contribution in [3.63, 3.8) is 0 Å². The van der Waals surface area contributed by atoms with Gasteiger partial charge in [0.25, 0.3) is 0 Å². The Morgan fingerprint density at radius 3 is 1.28 bits per heavy atom. The Morgan fingerprint density at radius 2 is 0.949 bits per heavy atom. The molecule has 0 saturated heterocycles. The van der Waals surface area contributed by atoms with E-state index >= 15 is 0 Å². The second-order valence-corrected chi connectivity index (χ2v) is 9.56. The molecule has 2 rings (SSSR count). The summed E-state index contributed by atoms with van der Waals surface area (Å²) in [5, 5.41) is 33.5. The van der Waals surface area contributed by atoms with Gasteiger partial charge in [-0.3, -0.25) is 19.8 Å². The van der Waals surface area contributed by atoms with Gasteiger partial charge < -0.3 is 19.8 Å². The van der Waals surface area contributed by atoms with E-state index in [1.165, 1.54) is 50.9 Å². The van der Waals surface area contributed by atoms with E-state index in [1.807, 2.05) is 0 Å². The van der Waals surface area contributed by atoms with E-state index in [-0.39, 0.29) is 52.3 Å². The fraction of sp³-hybridized carbons (Fsp3) is 0.643. The molecule has 0 bridgehead atoms. The molecule has 0 amide bonds. The first-order valence-electron chi connectivity index (χ1n) is 13.8. The first kappa shape index (κ1) is 36.2. The molecule has 0 aliphatic carbocycles. The van der Waals surface area contributed by atoms with Gasteiger partial charge in [-0.25, -0.2) is 0 Å². The number of nitrogens with zero attached hydrogens (tertiary/aromatic N) is 2. The van der Waals surface area contributed by atoms with Gasteiger partial charge in [0.15, 0.2) is 0 Å². The normalized spacial score (nSPS) is 10.3. The van der Waals surface area contributed by atoms with Crippen molar-refractivity contribution in [3.05, 3.63) is 34.9 Å². The van der Waals surface area contributed by atoms with Crippen LogP contribution < -0.4 is 10.2 Å². The van der Waals surface area contributed by atoms with Crippen LogP contribution in [0.4, 0.5) is 0 Å². The molecule has 10 nitrogen and oxygen atoms in total. The quantitative estimate of drug-likeness (QED) is 0.175. The zero-order valence-electron chi connectivity index (χ0n) is 23.1. The molecule has 39 heavy (non-hydrogen) atoms. The maximum Gasteiger partial charge on any atom is 2.00 e. The molecule has 2 heterocycles. The van der Waals surface area contributed by atoms with E-state index in [9.17, 15) is 29.4 Å². The fourth-order valence-corrected chi connectivity index (χ4v) is 4.06. The van der Waals surface area contributed by atoms with Crippen LogP contribution in [0.5, 0.6) is 0 Å². The van der Waals surface area contributed by atoms with Crippen molar-refractivity contribution in [2.75, 3.05) is 0 Å². The van der Waals surface area contributed by atoms with E-state index in [2.05, 4.69) is 34.2 Å². The number of ketones is 2. The molecule has 11 heteroatoms. The number of unbranched alkanes of at least 4 members (excludes halogenated alkanes) is 10. The van der Waals surface area contributed by atoms with E-state index in [4.69, 9.17) is 0 Å². The summed E-state index contributed by atoms with van der Waals surface area (Å²) < 4.78 is 0. The Hall–Kier alpha value is -2.81. The van der Waals surface area contributed by atoms with Gasteiger partial charge in [0.05, 0.1) is 11.9 Å². The number of rotatable bonds is 20. The second kappa shape index (κ2) is 22.1. The summed E-state index contributed by atoms with van der Waals surface area (Å²) in [6.07, 6.45) is 17.7. The van der Waals surface area contributed by atoms with Gasteiger partial charge in [0.1, 0.15) is 23.0 Å². The van der Waals surface area contributed by atoms with Gasteiger partial charge in [-0.05, 0) is 12.8 Å². The third-order valence-electron chi connectivity index (χ3n) is 6.22. The monoisotopic (exact) mass is 588 g/mol. The summed E-state index contributed by atoms with van der Waals surface area (Å²) in [4.78, 5) is 44.9. The molecule has 0 spiro atoms. The molecule has 0 aliphatic heterocycles. The number of carboxylic acids is 2. The average molecular weight is 589 g/mol. The van der Waals surface area contributed by atoms with Gasteiger partial charge in [0.2, 0.25) is 0 Å². The number of carbonyl (C=O) groups excluding carboxylic acids is 4. The predicted octanol–water partition coefficient (Wildman–Crippen LogP) is 3.27. The van der Waals surface area contributed by atoms with E-state index in [1.54, 1.807) is 0 Å². The summed E-state index contributed by atoms with van der Waals surface area (Å²) in [6.45, 7) is 4.34. The minimum absolute atomic E-state index is 0.